The number of allylic oxidation sites excluding steroid dienone is 4. The maximum Gasteiger partial charge on any atom is 0.171 e. The van der Waals surface area contributed by atoms with Gasteiger partial charge in [-0.3, -0.25) is 0 Å². The second-order valence-electron chi connectivity index (χ2n) is 11.1. The van der Waals surface area contributed by atoms with Crippen LogP contribution >= 0.6 is 61.3 Å². The molecule has 0 aromatic heterocycles. The molecule has 46 heavy (non-hydrogen) atoms. The summed E-state index contributed by atoms with van der Waals surface area (Å²) in [5.74, 6) is 0. The zero-order chi connectivity index (χ0) is 31.1. The molecular weight excluding hydrogens is 679 g/mol. The molecule has 0 bridgehead atoms. The molecule has 1 aliphatic carbocycles. The van der Waals surface area contributed by atoms with Gasteiger partial charge in [0.2, 0.25) is 0 Å². The van der Waals surface area contributed by atoms with Crippen molar-refractivity contribution < 1.29 is 9.13 Å². The third-order valence-electron chi connectivity index (χ3n) is 8.38. The normalized spacial score (nSPS) is 19.9. The second-order valence-corrected chi connectivity index (χ2v) is 21.6. The zero-order valence-corrected chi connectivity index (χ0v) is 29.6. The van der Waals surface area contributed by atoms with Gasteiger partial charge in [0.15, 0.2) is 7.14 Å². The second kappa shape index (κ2) is 12.7. The molecule has 0 fully saturated rings. The highest BCUT2D eigenvalue weighted by molar-refractivity contribution is 8.30. The molecule has 5 aromatic carbocycles. The molecule has 8 heteroatoms. The summed E-state index contributed by atoms with van der Waals surface area (Å²) in [6.45, 7) is 0. The molecule has 3 aliphatic rings. The molecule has 0 amide bonds. The van der Waals surface area contributed by atoms with Crippen LogP contribution in [0.4, 0.5) is 0 Å². The summed E-state index contributed by atoms with van der Waals surface area (Å²) in [6, 6.07) is 42.4. The van der Waals surface area contributed by atoms with Gasteiger partial charge in [0.05, 0.1) is 8.47 Å². The minimum atomic E-state index is -3.04. The molecule has 5 aromatic rings. The minimum absolute atomic E-state index is 0.0535. The van der Waals surface area contributed by atoms with Crippen molar-refractivity contribution in [2.45, 2.75) is 31.7 Å². The molecule has 8 rings (SSSR count). The Kier molecular flexibility index (Phi) is 8.39. The Morgan fingerprint density at radius 3 is 1.48 bits per heavy atom. The van der Waals surface area contributed by atoms with E-state index in [9.17, 15) is 4.57 Å². The average molecular weight is 707 g/mol. The van der Waals surface area contributed by atoms with Gasteiger partial charge < -0.3 is 9.13 Å². The SMILES string of the molecule is O=P(c1ccccc1)(c1ccccc1)c1ccc2c(c1)S/C(=C1\Sc3ccc(P(=O)(c4ccccc4)C4C=CC=CC4)cc3S1)S2. The van der Waals surface area contributed by atoms with Crippen LogP contribution in [0.3, 0.4) is 0 Å². The van der Waals surface area contributed by atoms with Crippen LogP contribution in [-0.4, -0.2) is 5.66 Å². The zero-order valence-electron chi connectivity index (χ0n) is 24.6. The summed E-state index contributed by atoms with van der Waals surface area (Å²) in [5.41, 5.74) is -0.0535. The van der Waals surface area contributed by atoms with Gasteiger partial charge in [0, 0.05) is 51.8 Å². The number of hydrogen-bond donors (Lipinski definition) is 0. The quantitative estimate of drug-likeness (QED) is 0.164. The number of fused-ring (bicyclic) bond motifs is 2. The summed E-state index contributed by atoms with van der Waals surface area (Å²) in [7, 11) is -5.96. The summed E-state index contributed by atoms with van der Waals surface area (Å²) in [6.07, 6.45) is 9.07. The van der Waals surface area contributed by atoms with Crippen LogP contribution < -0.4 is 26.5 Å². The first-order valence-corrected chi connectivity index (χ1v) is 21.7. The lowest BCUT2D eigenvalue weighted by Crippen LogP contribution is -2.25. The first kappa shape index (κ1) is 30.5. The van der Waals surface area contributed by atoms with Gasteiger partial charge in [-0.05, 0) is 42.8 Å². The Bertz CT molecular complexity index is 2100. The van der Waals surface area contributed by atoms with Crippen molar-refractivity contribution in [2.24, 2.45) is 0 Å². The van der Waals surface area contributed by atoms with E-state index < -0.39 is 14.3 Å². The fraction of sp³-hybridized carbons (Fsp3) is 0.0526. The monoisotopic (exact) mass is 706 g/mol. The van der Waals surface area contributed by atoms with Gasteiger partial charge in [-0.1, -0.05) is 162 Å². The standard InChI is InChI=1S/C38H28O2P2S4/c39-41(27-13-5-1-6-14-27,28-15-7-2-8-16-28)31-21-23-33-35(25-31)45-37(43-33)38-44-34-24-22-32(26-36(34)46-38)42(40,29-17-9-3-10-18-29)30-19-11-4-12-20-30/h1-19,21-26,30H,20H2/b38-37+. The van der Waals surface area contributed by atoms with Gasteiger partial charge in [-0.15, -0.1) is 0 Å². The molecule has 0 spiro atoms. The van der Waals surface area contributed by atoms with Crippen molar-refractivity contribution in [1.29, 1.82) is 0 Å². The van der Waals surface area contributed by atoms with Crippen molar-refractivity contribution in [3.8, 4) is 0 Å². The van der Waals surface area contributed by atoms with Gasteiger partial charge in [-0.2, -0.15) is 0 Å². The predicted molar refractivity (Wildman–Crippen MR) is 203 cm³/mol. The third-order valence-corrected chi connectivity index (χ3v) is 20.5. The molecule has 0 saturated carbocycles. The Morgan fingerprint density at radius 2 is 0.957 bits per heavy atom. The van der Waals surface area contributed by atoms with Crippen molar-refractivity contribution in [3.63, 3.8) is 0 Å². The van der Waals surface area contributed by atoms with Crippen LogP contribution in [0.5, 0.6) is 0 Å². The lowest BCUT2D eigenvalue weighted by Gasteiger charge is -2.27. The molecule has 2 unspecified atom stereocenters. The van der Waals surface area contributed by atoms with Crippen molar-refractivity contribution >= 4 is 87.9 Å². The van der Waals surface area contributed by atoms with Crippen LogP contribution in [0, 0.1) is 0 Å². The lowest BCUT2D eigenvalue weighted by molar-refractivity contribution is 0.582. The van der Waals surface area contributed by atoms with Gasteiger partial charge in [0.25, 0.3) is 0 Å². The minimum Gasteiger partial charge on any atom is -0.313 e. The smallest absolute Gasteiger partial charge is 0.171 e. The van der Waals surface area contributed by atoms with E-state index in [-0.39, 0.29) is 5.66 Å². The van der Waals surface area contributed by atoms with E-state index in [4.69, 9.17) is 0 Å². The van der Waals surface area contributed by atoms with E-state index in [1.807, 2.05) is 109 Å². The summed E-state index contributed by atoms with van der Waals surface area (Å²) in [5, 5.41) is 4.36. The fourth-order valence-electron chi connectivity index (χ4n) is 6.07. The molecule has 0 saturated heterocycles. The molecule has 2 atom stereocenters. The number of rotatable bonds is 6. The largest absolute Gasteiger partial charge is 0.313 e. The molecule has 226 valence electrons. The summed E-state index contributed by atoms with van der Waals surface area (Å²) < 4.78 is 32.5. The van der Waals surface area contributed by atoms with Crippen molar-refractivity contribution in [2.75, 3.05) is 0 Å². The van der Waals surface area contributed by atoms with Gasteiger partial charge in [0.1, 0.15) is 7.14 Å². The lowest BCUT2D eigenvalue weighted by atomic mass is 10.2. The van der Waals surface area contributed by atoms with Crippen LogP contribution in [0.15, 0.2) is 180 Å². The van der Waals surface area contributed by atoms with Crippen molar-refractivity contribution in [3.05, 3.63) is 160 Å². The Balaban J connectivity index is 1.11. The van der Waals surface area contributed by atoms with Crippen LogP contribution in [0.1, 0.15) is 6.42 Å². The first-order valence-electron chi connectivity index (χ1n) is 15.0. The fourth-order valence-corrected chi connectivity index (χ4v) is 17.3. The van der Waals surface area contributed by atoms with E-state index in [2.05, 4.69) is 42.5 Å². The van der Waals surface area contributed by atoms with E-state index in [1.54, 1.807) is 47.0 Å². The van der Waals surface area contributed by atoms with E-state index in [0.717, 1.165) is 42.7 Å². The number of benzene rings is 5. The van der Waals surface area contributed by atoms with Crippen LogP contribution in [-0.2, 0) is 9.13 Å². The Morgan fingerprint density at radius 1 is 0.478 bits per heavy atom. The maximum absolute atomic E-state index is 15.0. The van der Waals surface area contributed by atoms with Crippen LogP contribution in [0.25, 0.3) is 0 Å². The molecule has 0 radical (unpaired) electrons. The highest BCUT2D eigenvalue weighted by Gasteiger charge is 2.37. The van der Waals surface area contributed by atoms with E-state index in [0.29, 0.717) is 0 Å². The van der Waals surface area contributed by atoms with Crippen LogP contribution in [0.2, 0.25) is 0 Å². The highest BCUT2D eigenvalue weighted by Crippen LogP contribution is 2.62. The summed E-state index contributed by atoms with van der Waals surface area (Å²) >= 11 is 7.11. The summed E-state index contributed by atoms with van der Waals surface area (Å²) in [4.78, 5) is 4.69. The number of thioether (sulfide) groups is 4. The molecule has 2 heterocycles. The molecule has 0 N–H and O–H groups in total. The Hall–Kier alpha value is -2.82. The number of hydrogen-bond acceptors (Lipinski definition) is 6. The molecule has 2 aliphatic heterocycles. The average Bonchev–Trinajstić information content (AvgIpc) is 3.76. The first-order chi connectivity index (χ1) is 22.5. The highest BCUT2D eigenvalue weighted by atomic mass is 32.2. The van der Waals surface area contributed by atoms with Gasteiger partial charge in [-0.25, -0.2) is 0 Å². The maximum atomic E-state index is 15.0. The van der Waals surface area contributed by atoms with Gasteiger partial charge >= 0.3 is 0 Å². The molecular formula is C38H28O2P2S4. The molecule has 2 nitrogen and oxygen atoms in total. The topological polar surface area (TPSA) is 34.1 Å². The third kappa shape index (κ3) is 5.38. The predicted octanol–water partition coefficient (Wildman–Crippen LogP) is 9.75. The van der Waals surface area contributed by atoms with E-state index in [1.165, 1.54) is 18.3 Å². The van der Waals surface area contributed by atoms with E-state index >= 15 is 4.57 Å². The van der Waals surface area contributed by atoms with Crippen molar-refractivity contribution in [1.82, 2.24) is 0 Å². The Labute approximate surface area is 287 Å².